The SMILES string of the molecule is CCCn1ncnc1CS(=O)(=O)C[C@H](NC(C)=O)C(=O)O. The topological polar surface area (TPSA) is 131 Å². The summed E-state index contributed by atoms with van der Waals surface area (Å²) >= 11 is 0. The summed E-state index contributed by atoms with van der Waals surface area (Å²) in [5, 5.41) is 14.9. The molecule has 10 heteroatoms. The Kier molecular flexibility index (Phi) is 5.82. The fraction of sp³-hybridized carbons (Fsp3) is 0.636. The maximum absolute atomic E-state index is 12.1. The Labute approximate surface area is 122 Å². The largest absolute Gasteiger partial charge is 0.480 e. The lowest BCUT2D eigenvalue weighted by Crippen LogP contribution is -2.44. The van der Waals surface area contributed by atoms with Gasteiger partial charge in [-0.3, -0.25) is 4.79 Å². The number of amides is 1. The van der Waals surface area contributed by atoms with E-state index in [1.54, 1.807) is 0 Å². The van der Waals surface area contributed by atoms with E-state index in [4.69, 9.17) is 5.11 Å². The van der Waals surface area contributed by atoms with E-state index in [1.807, 2.05) is 6.92 Å². The van der Waals surface area contributed by atoms with Crippen LogP contribution in [0.1, 0.15) is 26.1 Å². The highest BCUT2D eigenvalue weighted by Crippen LogP contribution is 2.06. The molecule has 21 heavy (non-hydrogen) atoms. The lowest BCUT2D eigenvalue weighted by molar-refractivity contribution is -0.140. The van der Waals surface area contributed by atoms with Gasteiger partial charge in [-0.05, 0) is 6.42 Å². The number of sulfone groups is 1. The molecule has 118 valence electrons. The summed E-state index contributed by atoms with van der Waals surface area (Å²) in [4.78, 5) is 25.7. The minimum Gasteiger partial charge on any atom is -0.480 e. The number of nitrogens with zero attached hydrogens (tertiary/aromatic N) is 3. The quantitative estimate of drug-likeness (QED) is 0.641. The molecule has 0 spiro atoms. The van der Waals surface area contributed by atoms with E-state index >= 15 is 0 Å². The third-order valence-electron chi connectivity index (χ3n) is 2.58. The van der Waals surface area contributed by atoms with Crippen LogP contribution in [0.15, 0.2) is 6.33 Å². The first-order chi connectivity index (χ1) is 9.75. The van der Waals surface area contributed by atoms with Gasteiger partial charge >= 0.3 is 5.97 Å². The summed E-state index contributed by atoms with van der Waals surface area (Å²) in [6, 6.07) is -1.48. The molecule has 0 fully saturated rings. The smallest absolute Gasteiger partial charge is 0.327 e. The van der Waals surface area contributed by atoms with Gasteiger partial charge < -0.3 is 10.4 Å². The van der Waals surface area contributed by atoms with Gasteiger partial charge in [0.15, 0.2) is 9.84 Å². The minimum atomic E-state index is -3.75. The average Bonchev–Trinajstić information content (AvgIpc) is 2.74. The van der Waals surface area contributed by atoms with E-state index in [1.165, 1.54) is 11.0 Å². The van der Waals surface area contributed by atoms with Crippen molar-refractivity contribution in [2.24, 2.45) is 0 Å². The van der Waals surface area contributed by atoms with E-state index in [0.29, 0.717) is 6.54 Å². The van der Waals surface area contributed by atoms with Crippen molar-refractivity contribution in [2.45, 2.75) is 38.6 Å². The van der Waals surface area contributed by atoms with Gasteiger partial charge in [0.1, 0.15) is 23.9 Å². The van der Waals surface area contributed by atoms with Crippen LogP contribution >= 0.6 is 0 Å². The number of carbonyl (C=O) groups excluding carboxylic acids is 1. The molecular formula is C11H18N4O5S. The van der Waals surface area contributed by atoms with Crippen LogP contribution in [-0.4, -0.2) is 52.0 Å². The zero-order valence-corrected chi connectivity index (χ0v) is 12.6. The fourth-order valence-electron chi connectivity index (χ4n) is 1.73. The van der Waals surface area contributed by atoms with E-state index in [2.05, 4.69) is 15.4 Å². The van der Waals surface area contributed by atoms with Gasteiger partial charge in [-0.1, -0.05) is 6.92 Å². The third-order valence-corrected chi connectivity index (χ3v) is 4.12. The maximum atomic E-state index is 12.1. The molecule has 0 saturated carbocycles. The number of rotatable bonds is 8. The van der Waals surface area contributed by atoms with Crippen molar-refractivity contribution in [1.29, 1.82) is 0 Å². The monoisotopic (exact) mass is 318 g/mol. The predicted octanol–water partition coefficient (Wildman–Crippen LogP) is -0.808. The molecule has 0 aliphatic rings. The number of nitrogens with one attached hydrogen (secondary N) is 1. The normalized spacial score (nSPS) is 12.9. The Balaban J connectivity index is 2.82. The molecule has 9 nitrogen and oxygen atoms in total. The molecule has 0 bridgehead atoms. The Bertz CT molecular complexity index is 610. The van der Waals surface area contributed by atoms with Crippen LogP contribution < -0.4 is 5.32 Å². The molecule has 1 atom stereocenters. The fourth-order valence-corrected chi connectivity index (χ4v) is 3.20. The average molecular weight is 318 g/mol. The van der Waals surface area contributed by atoms with Crippen molar-refractivity contribution in [1.82, 2.24) is 20.1 Å². The van der Waals surface area contributed by atoms with Crippen LogP contribution in [0.25, 0.3) is 0 Å². The molecule has 1 heterocycles. The van der Waals surface area contributed by atoms with Crippen molar-refractivity contribution in [3.8, 4) is 0 Å². The van der Waals surface area contributed by atoms with Crippen LogP contribution in [-0.2, 0) is 31.7 Å². The summed E-state index contributed by atoms with van der Waals surface area (Å²) in [5.41, 5.74) is 0. The lowest BCUT2D eigenvalue weighted by atomic mass is 10.3. The zero-order valence-electron chi connectivity index (χ0n) is 11.8. The number of carboxylic acids is 1. The standard InChI is InChI=1S/C11H18N4O5S/c1-3-4-15-10(12-7-13-15)6-21(19,20)5-9(11(17)18)14-8(2)16/h7,9H,3-6H2,1-2H3,(H,14,16)(H,17,18)/t9-/m0/s1. The van der Waals surface area contributed by atoms with Gasteiger partial charge in [0.25, 0.3) is 0 Å². The molecule has 1 amide bonds. The van der Waals surface area contributed by atoms with E-state index in [9.17, 15) is 18.0 Å². The Morgan fingerprint density at radius 1 is 1.48 bits per heavy atom. The summed E-state index contributed by atoms with van der Waals surface area (Å²) in [5.74, 6) is -2.86. The second-order valence-electron chi connectivity index (χ2n) is 4.55. The van der Waals surface area contributed by atoms with Gasteiger partial charge in [-0.15, -0.1) is 0 Å². The number of hydrogen-bond acceptors (Lipinski definition) is 6. The molecule has 0 unspecified atom stereocenters. The van der Waals surface area contributed by atoms with Gasteiger partial charge in [-0.25, -0.2) is 22.9 Å². The molecule has 1 rings (SSSR count). The number of carbonyl (C=O) groups is 2. The highest BCUT2D eigenvalue weighted by Gasteiger charge is 2.27. The molecule has 0 aliphatic carbocycles. The number of aliphatic carboxylic acids is 1. The van der Waals surface area contributed by atoms with Crippen molar-refractivity contribution in [2.75, 3.05) is 5.75 Å². The Morgan fingerprint density at radius 3 is 2.67 bits per heavy atom. The Hall–Kier alpha value is -1.97. The van der Waals surface area contributed by atoms with Gasteiger partial charge in [0.05, 0.1) is 5.75 Å². The Morgan fingerprint density at radius 2 is 2.14 bits per heavy atom. The molecule has 0 saturated heterocycles. The molecule has 0 aliphatic heterocycles. The van der Waals surface area contributed by atoms with Crippen LogP contribution in [0.5, 0.6) is 0 Å². The van der Waals surface area contributed by atoms with E-state index in [0.717, 1.165) is 13.3 Å². The predicted molar refractivity (Wildman–Crippen MR) is 73.0 cm³/mol. The molecule has 0 radical (unpaired) electrons. The summed E-state index contributed by atoms with van der Waals surface area (Å²) in [6.07, 6.45) is 2.02. The van der Waals surface area contributed by atoms with Gasteiger partial charge in [-0.2, -0.15) is 5.10 Å². The zero-order chi connectivity index (χ0) is 16.0. The summed E-state index contributed by atoms with van der Waals surface area (Å²) in [7, 11) is -3.75. The van der Waals surface area contributed by atoms with Gasteiger partial charge in [0.2, 0.25) is 5.91 Å². The van der Waals surface area contributed by atoms with E-state index in [-0.39, 0.29) is 5.82 Å². The number of carboxylic acid groups (broad SMARTS) is 1. The van der Waals surface area contributed by atoms with Crippen molar-refractivity contribution < 1.29 is 23.1 Å². The first kappa shape index (κ1) is 17.1. The molecule has 0 aromatic carbocycles. The van der Waals surface area contributed by atoms with Crippen LogP contribution in [0.2, 0.25) is 0 Å². The summed E-state index contributed by atoms with van der Waals surface area (Å²) in [6.45, 7) is 3.57. The summed E-state index contributed by atoms with van der Waals surface area (Å²) < 4.78 is 25.6. The number of aryl methyl sites for hydroxylation is 1. The molecular weight excluding hydrogens is 300 g/mol. The first-order valence-corrected chi connectivity index (χ1v) is 8.14. The first-order valence-electron chi connectivity index (χ1n) is 6.32. The van der Waals surface area contributed by atoms with Crippen LogP contribution in [0.3, 0.4) is 0 Å². The van der Waals surface area contributed by atoms with Crippen LogP contribution in [0, 0.1) is 0 Å². The number of hydrogen-bond donors (Lipinski definition) is 2. The van der Waals surface area contributed by atoms with Crippen LogP contribution in [0.4, 0.5) is 0 Å². The molecule has 1 aromatic heterocycles. The van der Waals surface area contributed by atoms with Gasteiger partial charge in [0, 0.05) is 13.5 Å². The molecule has 1 aromatic rings. The van der Waals surface area contributed by atoms with Crippen molar-refractivity contribution in [3.05, 3.63) is 12.2 Å². The van der Waals surface area contributed by atoms with E-state index < -0.39 is 39.3 Å². The second kappa shape index (κ2) is 7.16. The highest BCUT2D eigenvalue weighted by atomic mass is 32.2. The maximum Gasteiger partial charge on any atom is 0.327 e. The minimum absolute atomic E-state index is 0.254. The highest BCUT2D eigenvalue weighted by molar-refractivity contribution is 7.90. The number of aromatic nitrogens is 3. The van der Waals surface area contributed by atoms with Crippen molar-refractivity contribution >= 4 is 21.7 Å². The second-order valence-corrected chi connectivity index (χ2v) is 6.65. The molecule has 2 N–H and O–H groups in total. The lowest BCUT2D eigenvalue weighted by Gasteiger charge is -2.13. The third kappa shape index (κ3) is 5.50. The van der Waals surface area contributed by atoms with Crippen molar-refractivity contribution in [3.63, 3.8) is 0 Å².